The Morgan fingerprint density at radius 2 is 2.08 bits per heavy atom. The van der Waals surface area contributed by atoms with E-state index in [1.165, 1.54) is 0 Å². The Kier molecular flexibility index (Phi) is 3.23. The first-order chi connectivity index (χ1) is 6.15. The summed E-state index contributed by atoms with van der Waals surface area (Å²) in [5, 5.41) is 7.52. The van der Waals surface area contributed by atoms with Crippen molar-refractivity contribution in [3.8, 4) is 6.07 Å². The average Bonchev–Trinajstić information content (AvgIpc) is 2.11. The number of hydrogen-bond donors (Lipinski definition) is 0. The molecule has 1 aliphatic heterocycles. The van der Waals surface area contributed by atoms with E-state index in [2.05, 4.69) is 4.74 Å². The van der Waals surface area contributed by atoms with Crippen LogP contribution in [-0.2, 0) is 14.3 Å². The average molecular weight is 203 g/mol. The van der Waals surface area contributed by atoms with Crippen molar-refractivity contribution in [2.45, 2.75) is 5.38 Å². The lowest BCUT2D eigenvalue weighted by molar-refractivity contribution is -0.158. The number of hydrogen-bond acceptors (Lipinski definition) is 4. The molecular weight excluding hydrogens is 196 g/mol. The molecule has 2 amide bonds. The zero-order valence-corrected chi connectivity index (χ0v) is 7.45. The van der Waals surface area contributed by atoms with Gasteiger partial charge in [0.2, 0.25) is 0 Å². The van der Waals surface area contributed by atoms with Gasteiger partial charge in [-0.15, -0.1) is 11.6 Å². The summed E-state index contributed by atoms with van der Waals surface area (Å²) in [7, 11) is 0. The van der Waals surface area contributed by atoms with E-state index in [1.807, 2.05) is 0 Å². The van der Waals surface area contributed by atoms with Crippen LogP contribution in [-0.4, -0.2) is 41.8 Å². The molecule has 0 radical (unpaired) electrons. The quantitative estimate of drug-likeness (QED) is 0.447. The van der Waals surface area contributed by atoms with Gasteiger partial charge in [-0.1, -0.05) is 0 Å². The van der Waals surface area contributed by atoms with E-state index in [0.717, 1.165) is 4.90 Å². The van der Waals surface area contributed by atoms with Crippen LogP contribution in [0.5, 0.6) is 0 Å². The Labute approximate surface area is 79.8 Å². The minimum atomic E-state index is -0.856. The summed E-state index contributed by atoms with van der Waals surface area (Å²) in [6.45, 7) is -0.319. The molecule has 1 fully saturated rings. The van der Waals surface area contributed by atoms with Crippen molar-refractivity contribution in [1.29, 1.82) is 5.26 Å². The number of rotatable bonds is 2. The van der Waals surface area contributed by atoms with Crippen molar-refractivity contribution < 1.29 is 14.3 Å². The van der Waals surface area contributed by atoms with Crippen molar-refractivity contribution in [3.05, 3.63) is 0 Å². The predicted octanol–water partition coefficient (Wildman–Crippen LogP) is -0.497. The maximum absolute atomic E-state index is 11.1. The molecule has 1 heterocycles. The van der Waals surface area contributed by atoms with Gasteiger partial charge in [0.1, 0.15) is 18.6 Å². The lowest BCUT2D eigenvalue weighted by atomic mass is 10.3. The third-order valence-electron chi connectivity index (χ3n) is 1.54. The molecule has 0 saturated carbocycles. The normalized spacial score (nSPS) is 19.8. The van der Waals surface area contributed by atoms with Crippen molar-refractivity contribution in [2.24, 2.45) is 0 Å². The molecule has 0 N–H and O–H groups in total. The van der Waals surface area contributed by atoms with Crippen LogP contribution in [0.15, 0.2) is 0 Å². The molecule has 6 heteroatoms. The maximum Gasteiger partial charge on any atom is 0.255 e. The molecule has 70 valence electrons. The van der Waals surface area contributed by atoms with Gasteiger partial charge in [0, 0.05) is 0 Å². The monoisotopic (exact) mass is 202 g/mol. The lowest BCUT2D eigenvalue weighted by Gasteiger charge is -2.24. The molecular formula is C7H7ClN2O3. The van der Waals surface area contributed by atoms with Crippen LogP contribution in [0.3, 0.4) is 0 Å². The Morgan fingerprint density at radius 1 is 1.54 bits per heavy atom. The summed E-state index contributed by atoms with van der Waals surface area (Å²) >= 11 is 5.48. The minimum absolute atomic E-state index is 0.0704. The zero-order chi connectivity index (χ0) is 9.84. The molecule has 0 aliphatic carbocycles. The van der Waals surface area contributed by atoms with E-state index in [0.29, 0.717) is 0 Å². The van der Waals surface area contributed by atoms with Crippen LogP contribution in [0.4, 0.5) is 0 Å². The van der Waals surface area contributed by atoms with Gasteiger partial charge >= 0.3 is 0 Å². The smallest absolute Gasteiger partial charge is 0.255 e. The van der Waals surface area contributed by atoms with E-state index < -0.39 is 17.2 Å². The number of nitrogens with zero attached hydrogens (tertiary/aromatic N) is 2. The number of imide groups is 1. The molecule has 1 saturated heterocycles. The molecule has 1 unspecified atom stereocenters. The third-order valence-corrected chi connectivity index (χ3v) is 1.77. The number of morpholine rings is 1. The number of amides is 2. The number of nitriles is 1. The van der Waals surface area contributed by atoms with Crippen LogP contribution in [0.25, 0.3) is 0 Å². The third kappa shape index (κ3) is 2.41. The number of carbonyl (C=O) groups is 2. The topological polar surface area (TPSA) is 70.4 Å². The van der Waals surface area contributed by atoms with Gasteiger partial charge in [0.25, 0.3) is 11.8 Å². The van der Waals surface area contributed by atoms with Gasteiger partial charge in [-0.25, -0.2) is 0 Å². The number of halogens is 1. The van der Waals surface area contributed by atoms with Gasteiger partial charge in [0.05, 0.1) is 12.6 Å². The second-order valence-corrected chi connectivity index (χ2v) is 3.01. The van der Waals surface area contributed by atoms with E-state index in [9.17, 15) is 9.59 Å². The van der Waals surface area contributed by atoms with E-state index in [4.69, 9.17) is 16.9 Å². The van der Waals surface area contributed by atoms with E-state index >= 15 is 0 Å². The second kappa shape index (κ2) is 4.21. The molecule has 0 aromatic carbocycles. The second-order valence-electron chi connectivity index (χ2n) is 2.49. The molecule has 1 atom stereocenters. The Balaban J connectivity index is 2.60. The molecule has 1 aliphatic rings. The zero-order valence-electron chi connectivity index (χ0n) is 6.70. The summed E-state index contributed by atoms with van der Waals surface area (Å²) in [4.78, 5) is 23.1. The predicted molar refractivity (Wildman–Crippen MR) is 42.8 cm³/mol. The fourth-order valence-corrected chi connectivity index (χ4v) is 1.06. The molecule has 1 rings (SSSR count). The van der Waals surface area contributed by atoms with Crippen LogP contribution in [0.2, 0.25) is 0 Å². The molecule has 5 nitrogen and oxygen atoms in total. The van der Waals surface area contributed by atoms with Crippen molar-refractivity contribution in [2.75, 3.05) is 19.8 Å². The highest BCUT2D eigenvalue weighted by atomic mass is 35.5. The van der Waals surface area contributed by atoms with Crippen LogP contribution < -0.4 is 0 Å². The lowest BCUT2D eigenvalue weighted by Crippen LogP contribution is -2.48. The number of alkyl halides is 1. The van der Waals surface area contributed by atoms with Crippen molar-refractivity contribution in [3.63, 3.8) is 0 Å². The van der Waals surface area contributed by atoms with Gasteiger partial charge < -0.3 is 4.74 Å². The minimum Gasteiger partial charge on any atom is -0.362 e. The Hall–Kier alpha value is -1.12. The fraction of sp³-hybridized carbons (Fsp3) is 0.571. The van der Waals surface area contributed by atoms with E-state index in [1.54, 1.807) is 6.07 Å². The van der Waals surface area contributed by atoms with Gasteiger partial charge in [-0.05, 0) is 0 Å². The molecule has 0 aromatic heterocycles. The number of carbonyl (C=O) groups excluding carboxylic acids is 2. The molecule has 0 bridgehead atoms. The molecule has 0 spiro atoms. The van der Waals surface area contributed by atoms with Gasteiger partial charge in [-0.3, -0.25) is 14.5 Å². The van der Waals surface area contributed by atoms with Crippen LogP contribution in [0, 0.1) is 11.3 Å². The number of ether oxygens (including phenoxy) is 1. The molecule has 13 heavy (non-hydrogen) atoms. The highest BCUT2D eigenvalue weighted by molar-refractivity contribution is 6.22. The van der Waals surface area contributed by atoms with Crippen molar-refractivity contribution in [1.82, 2.24) is 4.90 Å². The standard InChI is InChI=1S/C7H7ClN2O3/c8-5(1-9)2-10-6(11)3-13-4-7(10)12/h5H,2-4H2. The Morgan fingerprint density at radius 3 is 2.54 bits per heavy atom. The highest BCUT2D eigenvalue weighted by Crippen LogP contribution is 2.04. The summed E-state index contributed by atoms with van der Waals surface area (Å²) in [5.74, 6) is -0.894. The largest absolute Gasteiger partial charge is 0.362 e. The van der Waals surface area contributed by atoms with Crippen molar-refractivity contribution >= 4 is 23.4 Å². The summed E-state index contributed by atoms with van der Waals surface area (Å²) in [6, 6.07) is 1.73. The highest BCUT2D eigenvalue weighted by Gasteiger charge is 2.28. The first-order valence-electron chi connectivity index (χ1n) is 3.59. The first kappa shape index (κ1) is 9.96. The fourth-order valence-electron chi connectivity index (χ4n) is 0.925. The summed E-state index contributed by atoms with van der Waals surface area (Å²) < 4.78 is 4.67. The van der Waals surface area contributed by atoms with Gasteiger partial charge in [-0.2, -0.15) is 5.26 Å². The summed E-state index contributed by atoms with van der Waals surface area (Å²) in [5.41, 5.74) is 0. The van der Waals surface area contributed by atoms with Crippen LogP contribution in [0.1, 0.15) is 0 Å². The summed E-state index contributed by atoms with van der Waals surface area (Å²) in [6.07, 6.45) is 0. The first-order valence-corrected chi connectivity index (χ1v) is 4.03. The van der Waals surface area contributed by atoms with Crippen LogP contribution >= 0.6 is 11.6 Å². The molecule has 0 aromatic rings. The Bertz CT molecular complexity index is 257. The van der Waals surface area contributed by atoms with E-state index in [-0.39, 0.29) is 19.8 Å². The maximum atomic E-state index is 11.1. The van der Waals surface area contributed by atoms with Gasteiger partial charge in [0.15, 0.2) is 0 Å². The SMILES string of the molecule is N#CC(Cl)CN1C(=O)COCC1=O.